The molecule has 7 aromatic carbocycles. The van der Waals surface area contributed by atoms with Gasteiger partial charge in [-0.05, 0) is 71.3 Å². The van der Waals surface area contributed by atoms with Crippen LogP contribution in [0.15, 0.2) is 176 Å². The minimum absolute atomic E-state index is 0.212. The minimum atomic E-state index is 0.212. The standard InChI is InChI=1S/C50H35N5/c1-32-28-36(25-27-43(32)55-45-23-13-11-21-40(45)42-29-34-16-8-9-17-35(34)30-47(42)55)49-51-48(33-14-4-2-5-15-33)52-50(53-49)37-24-26-41-39-20-10-12-22-44(39)54(46(41)31-37)38-18-6-3-7-19-38/h2-27,29-32H,28H2,1H3/t32-/m0/s1. The molecule has 10 aromatic rings. The zero-order valence-corrected chi connectivity index (χ0v) is 30.3. The van der Waals surface area contributed by atoms with Gasteiger partial charge in [0.1, 0.15) is 0 Å². The summed E-state index contributed by atoms with van der Waals surface area (Å²) in [5.74, 6) is 2.25. The van der Waals surface area contributed by atoms with Crippen LogP contribution in [0.25, 0.3) is 94.1 Å². The van der Waals surface area contributed by atoms with Gasteiger partial charge in [0.05, 0.1) is 22.1 Å². The van der Waals surface area contributed by atoms with E-state index in [2.05, 4.69) is 174 Å². The molecule has 0 aliphatic heterocycles. The third kappa shape index (κ3) is 5.12. The van der Waals surface area contributed by atoms with Crippen LogP contribution in [0.4, 0.5) is 0 Å². The van der Waals surface area contributed by atoms with Crippen molar-refractivity contribution < 1.29 is 0 Å². The highest BCUT2D eigenvalue weighted by Crippen LogP contribution is 2.41. The predicted octanol–water partition coefficient (Wildman–Crippen LogP) is 12.5. The fraction of sp³-hybridized carbons (Fsp3) is 0.0600. The second-order valence-electron chi connectivity index (χ2n) is 14.5. The lowest BCUT2D eigenvalue weighted by Gasteiger charge is -2.24. The van der Waals surface area contributed by atoms with E-state index in [1.54, 1.807) is 0 Å². The van der Waals surface area contributed by atoms with Gasteiger partial charge >= 0.3 is 0 Å². The molecule has 0 radical (unpaired) electrons. The lowest BCUT2D eigenvalue weighted by molar-refractivity contribution is 0.730. The number of nitrogens with zero attached hydrogens (tertiary/aromatic N) is 5. The number of rotatable bonds is 5. The number of aromatic nitrogens is 5. The molecule has 0 amide bonds. The van der Waals surface area contributed by atoms with Crippen LogP contribution in [0, 0.1) is 5.92 Å². The molecule has 3 heterocycles. The highest BCUT2D eigenvalue weighted by atomic mass is 15.0. The quantitative estimate of drug-likeness (QED) is 0.179. The Kier molecular flexibility index (Phi) is 7.14. The Balaban J connectivity index is 1.08. The van der Waals surface area contributed by atoms with Crippen LogP contribution in [0.1, 0.15) is 19.2 Å². The highest BCUT2D eigenvalue weighted by molar-refractivity contribution is 6.14. The molecule has 0 bridgehead atoms. The summed E-state index contributed by atoms with van der Waals surface area (Å²) in [5, 5.41) is 7.45. The van der Waals surface area contributed by atoms with Gasteiger partial charge in [-0.15, -0.1) is 0 Å². The molecule has 55 heavy (non-hydrogen) atoms. The first kappa shape index (κ1) is 31.4. The normalized spacial score (nSPS) is 14.6. The van der Waals surface area contributed by atoms with E-state index in [4.69, 9.17) is 15.0 Å². The van der Waals surface area contributed by atoms with Crippen molar-refractivity contribution in [1.29, 1.82) is 0 Å². The maximum atomic E-state index is 5.24. The number of benzene rings is 7. The van der Waals surface area contributed by atoms with Crippen LogP contribution in [-0.2, 0) is 0 Å². The van der Waals surface area contributed by atoms with Crippen LogP contribution in [0.3, 0.4) is 0 Å². The molecule has 0 saturated carbocycles. The SMILES string of the molecule is C[C@H]1CC(c2nc(-c3ccccc3)nc(-c3ccc4c5ccccc5n(-c5ccccc5)c4c3)n2)=CC=C1n1c2ccccc2c2cc3ccccc3cc21. The molecular weight excluding hydrogens is 671 g/mol. The summed E-state index contributed by atoms with van der Waals surface area (Å²) in [6.07, 6.45) is 5.30. The maximum absolute atomic E-state index is 5.24. The maximum Gasteiger partial charge on any atom is 0.164 e. The van der Waals surface area contributed by atoms with Crippen molar-refractivity contribution in [3.63, 3.8) is 0 Å². The van der Waals surface area contributed by atoms with Gasteiger partial charge < -0.3 is 9.13 Å². The van der Waals surface area contributed by atoms with E-state index in [9.17, 15) is 0 Å². The summed E-state index contributed by atoms with van der Waals surface area (Å²) in [7, 11) is 0. The Hall–Kier alpha value is -7.11. The lowest BCUT2D eigenvalue weighted by atomic mass is 9.91. The van der Waals surface area contributed by atoms with Gasteiger partial charge in [-0.1, -0.05) is 134 Å². The molecule has 0 N–H and O–H groups in total. The van der Waals surface area contributed by atoms with Crippen LogP contribution in [-0.4, -0.2) is 24.1 Å². The van der Waals surface area contributed by atoms with Crippen molar-refractivity contribution >= 4 is 65.7 Å². The van der Waals surface area contributed by atoms with E-state index in [0.29, 0.717) is 17.5 Å². The molecule has 11 rings (SSSR count). The van der Waals surface area contributed by atoms with Crippen LogP contribution < -0.4 is 0 Å². The molecular formula is C50H35N5. The molecule has 0 saturated heterocycles. The van der Waals surface area contributed by atoms with Crippen molar-refractivity contribution in [3.05, 3.63) is 182 Å². The van der Waals surface area contributed by atoms with E-state index in [0.717, 1.165) is 34.3 Å². The van der Waals surface area contributed by atoms with Gasteiger partial charge in [0.25, 0.3) is 0 Å². The first-order valence-corrected chi connectivity index (χ1v) is 18.9. The molecule has 3 aromatic heterocycles. The Bertz CT molecular complexity index is 3180. The summed E-state index contributed by atoms with van der Waals surface area (Å²) in [5.41, 5.74) is 10.1. The zero-order valence-electron chi connectivity index (χ0n) is 30.3. The van der Waals surface area contributed by atoms with Crippen LogP contribution in [0.5, 0.6) is 0 Å². The van der Waals surface area contributed by atoms with Gasteiger partial charge in [-0.3, -0.25) is 0 Å². The first-order chi connectivity index (χ1) is 27.2. The summed E-state index contributed by atoms with van der Waals surface area (Å²) in [4.78, 5) is 15.5. The van der Waals surface area contributed by atoms with Crippen molar-refractivity contribution in [2.75, 3.05) is 0 Å². The number of hydrogen-bond acceptors (Lipinski definition) is 3. The molecule has 0 fully saturated rings. The smallest absolute Gasteiger partial charge is 0.164 e. The monoisotopic (exact) mass is 705 g/mol. The Morgan fingerprint density at radius 3 is 1.75 bits per heavy atom. The number of allylic oxidation sites excluding steroid dienone is 4. The van der Waals surface area contributed by atoms with Gasteiger partial charge in [-0.2, -0.15) is 0 Å². The fourth-order valence-corrected chi connectivity index (χ4v) is 8.58. The van der Waals surface area contributed by atoms with Gasteiger partial charge in [0.2, 0.25) is 0 Å². The Morgan fingerprint density at radius 1 is 0.436 bits per heavy atom. The van der Waals surface area contributed by atoms with Crippen LogP contribution >= 0.6 is 0 Å². The number of fused-ring (bicyclic) bond motifs is 7. The third-order valence-electron chi connectivity index (χ3n) is 11.2. The molecule has 0 spiro atoms. The summed E-state index contributed by atoms with van der Waals surface area (Å²) < 4.78 is 4.80. The molecule has 1 atom stereocenters. The topological polar surface area (TPSA) is 48.5 Å². The second-order valence-corrected chi connectivity index (χ2v) is 14.5. The van der Waals surface area contributed by atoms with Crippen LogP contribution in [0.2, 0.25) is 0 Å². The van der Waals surface area contributed by atoms with E-state index < -0.39 is 0 Å². The van der Waals surface area contributed by atoms with E-state index in [1.807, 2.05) is 18.2 Å². The van der Waals surface area contributed by atoms with Crippen molar-refractivity contribution in [2.24, 2.45) is 5.92 Å². The molecule has 1 aliphatic carbocycles. The number of para-hydroxylation sites is 3. The zero-order chi connectivity index (χ0) is 36.5. The lowest BCUT2D eigenvalue weighted by Crippen LogP contribution is -2.12. The molecule has 5 heteroatoms. The van der Waals surface area contributed by atoms with E-state index in [1.165, 1.54) is 54.6 Å². The van der Waals surface area contributed by atoms with Crippen molar-refractivity contribution in [3.8, 4) is 28.5 Å². The Morgan fingerprint density at radius 2 is 1.00 bits per heavy atom. The first-order valence-electron chi connectivity index (χ1n) is 18.9. The summed E-state index contributed by atoms with van der Waals surface area (Å²) in [6, 6.07) is 58.1. The second kappa shape index (κ2) is 12.5. The minimum Gasteiger partial charge on any atom is -0.313 e. The predicted molar refractivity (Wildman–Crippen MR) is 228 cm³/mol. The summed E-state index contributed by atoms with van der Waals surface area (Å²) >= 11 is 0. The molecule has 0 unspecified atom stereocenters. The van der Waals surface area contributed by atoms with Gasteiger partial charge in [0, 0.05) is 50.0 Å². The number of hydrogen-bond donors (Lipinski definition) is 0. The fourth-order valence-electron chi connectivity index (χ4n) is 8.58. The molecule has 5 nitrogen and oxygen atoms in total. The molecule has 260 valence electrons. The highest BCUT2D eigenvalue weighted by Gasteiger charge is 2.24. The summed E-state index contributed by atoms with van der Waals surface area (Å²) in [6.45, 7) is 2.32. The van der Waals surface area contributed by atoms with Gasteiger partial charge in [-0.25, -0.2) is 15.0 Å². The average molecular weight is 706 g/mol. The van der Waals surface area contributed by atoms with E-state index in [-0.39, 0.29) is 5.92 Å². The van der Waals surface area contributed by atoms with Crippen molar-refractivity contribution in [1.82, 2.24) is 24.1 Å². The van der Waals surface area contributed by atoms with E-state index >= 15 is 0 Å². The van der Waals surface area contributed by atoms with Crippen molar-refractivity contribution in [2.45, 2.75) is 13.3 Å². The Labute approximate surface area is 318 Å². The average Bonchev–Trinajstić information content (AvgIpc) is 3.75. The largest absolute Gasteiger partial charge is 0.313 e. The van der Waals surface area contributed by atoms with Gasteiger partial charge in [0.15, 0.2) is 17.5 Å². The molecule has 1 aliphatic rings. The third-order valence-corrected chi connectivity index (χ3v) is 11.2.